The Kier molecular flexibility index (Phi) is 4.75. The van der Waals surface area contributed by atoms with Gasteiger partial charge in [0.25, 0.3) is 0 Å². The summed E-state index contributed by atoms with van der Waals surface area (Å²) in [6.07, 6.45) is 1.71. The van der Waals surface area contributed by atoms with Gasteiger partial charge in [0.2, 0.25) is 5.75 Å². The van der Waals surface area contributed by atoms with Crippen LogP contribution in [0.25, 0.3) is 0 Å². The number of ether oxygens (including phenoxy) is 2. The summed E-state index contributed by atoms with van der Waals surface area (Å²) in [5.74, 6) is 0.707. The average molecular weight is 309 g/mol. The first-order valence-corrected chi connectivity index (χ1v) is 6.72. The largest absolute Gasteiger partial charge is 0.502 e. The molecule has 2 rings (SSSR count). The summed E-state index contributed by atoms with van der Waals surface area (Å²) in [6, 6.07) is 5.40. The van der Waals surface area contributed by atoms with Gasteiger partial charge in [0.1, 0.15) is 0 Å². The number of methoxy groups -OCH3 is 2. The van der Waals surface area contributed by atoms with Crippen LogP contribution < -0.4 is 14.8 Å². The highest BCUT2D eigenvalue weighted by atomic mass is 35.5. The van der Waals surface area contributed by atoms with E-state index in [4.69, 9.17) is 21.1 Å². The smallest absolute Gasteiger partial charge is 0.200 e. The number of rotatable bonds is 5. The number of aryl methyl sites for hydroxylation is 1. The summed E-state index contributed by atoms with van der Waals surface area (Å²) in [5, 5.41) is 13.5. The molecule has 0 aliphatic carbocycles. The van der Waals surface area contributed by atoms with Crippen molar-refractivity contribution in [1.29, 1.82) is 0 Å². The number of aromatic nitrogens is 1. The van der Waals surface area contributed by atoms with Crippen LogP contribution in [0.4, 0.5) is 5.69 Å². The second-order valence-electron chi connectivity index (χ2n) is 4.55. The van der Waals surface area contributed by atoms with E-state index in [-0.39, 0.29) is 5.75 Å². The van der Waals surface area contributed by atoms with E-state index in [1.807, 2.05) is 13.0 Å². The van der Waals surface area contributed by atoms with Gasteiger partial charge >= 0.3 is 0 Å². The van der Waals surface area contributed by atoms with Crippen molar-refractivity contribution in [2.45, 2.75) is 13.5 Å². The van der Waals surface area contributed by atoms with E-state index in [2.05, 4.69) is 10.3 Å². The van der Waals surface area contributed by atoms with Crippen molar-refractivity contribution in [2.24, 2.45) is 0 Å². The molecule has 21 heavy (non-hydrogen) atoms. The number of phenols is 1. The molecule has 112 valence electrons. The highest BCUT2D eigenvalue weighted by Gasteiger charge is 2.11. The molecule has 0 atom stereocenters. The topological polar surface area (TPSA) is 63.6 Å². The molecular weight excluding hydrogens is 292 g/mol. The second kappa shape index (κ2) is 6.54. The van der Waals surface area contributed by atoms with E-state index in [0.717, 1.165) is 16.8 Å². The Morgan fingerprint density at radius 2 is 1.81 bits per heavy atom. The van der Waals surface area contributed by atoms with Crippen LogP contribution in [0.1, 0.15) is 11.1 Å². The van der Waals surface area contributed by atoms with Crippen LogP contribution in [0.3, 0.4) is 0 Å². The van der Waals surface area contributed by atoms with E-state index in [1.54, 1.807) is 18.3 Å². The molecule has 0 unspecified atom stereocenters. The summed E-state index contributed by atoms with van der Waals surface area (Å²) in [7, 11) is 2.99. The molecule has 6 heteroatoms. The van der Waals surface area contributed by atoms with Crippen molar-refractivity contribution in [3.8, 4) is 17.2 Å². The number of hydrogen-bond donors (Lipinski definition) is 2. The van der Waals surface area contributed by atoms with Gasteiger partial charge in [-0.3, -0.25) is 0 Å². The fourth-order valence-corrected chi connectivity index (χ4v) is 2.09. The summed E-state index contributed by atoms with van der Waals surface area (Å²) in [4.78, 5) is 4.09. The Morgan fingerprint density at radius 3 is 2.38 bits per heavy atom. The molecule has 0 spiro atoms. The lowest BCUT2D eigenvalue weighted by molar-refractivity contribution is 0.339. The lowest BCUT2D eigenvalue weighted by Crippen LogP contribution is -2.02. The number of phenolic OH excluding ortho intramolecular Hbond substituents is 1. The van der Waals surface area contributed by atoms with Crippen molar-refractivity contribution < 1.29 is 14.6 Å². The SMILES string of the molecule is COc1cc(CNc2cc(C)cnc2Cl)cc(OC)c1O. The van der Waals surface area contributed by atoms with Gasteiger partial charge in [-0.2, -0.15) is 0 Å². The third-order valence-electron chi connectivity index (χ3n) is 3.00. The Morgan fingerprint density at radius 1 is 1.19 bits per heavy atom. The van der Waals surface area contributed by atoms with Crippen LogP contribution in [-0.2, 0) is 6.54 Å². The molecular formula is C15H17ClN2O3. The number of anilines is 1. The minimum absolute atomic E-state index is 0.0148. The highest BCUT2D eigenvalue weighted by Crippen LogP contribution is 2.37. The van der Waals surface area contributed by atoms with Gasteiger partial charge in [0.15, 0.2) is 16.7 Å². The lowest BCUT2D eigenvalue weighted by atomic mass is 10.1. The van der Waals surface area contributed by atoms with Crippen LogP contribution in [0.5, 0.6) is 17.2 Å². The number of hydrogen-bond acceptors (Lipinski definition) is 5. The van der Waals surface area contributed by atoms with Crippen LogP contribution in [-0.4, -0.2) is 24.3 Å². The van der Waals surface area contributed by atoms with Gasteiger partial charge in [-0.15, -0.1) is 0 Å². The second-order valence-corrected chi connectivity index (χ2v) is 4.91. The van der Waals surface area contributed by atoms with Gasteiger partial charge < -0.3 is 19.9 Å². The van der Waals surface area contributed by atoms with Crippen LogP contribution >= 0.6 is 11.6 Å². The minimum Gasteiger partial charge on any atom is -0.502 e. The van der Waals surface area contributed by atoms with Gasteiger partial charge in [-0.05, 0) is 36.2 Å². The van der Waals surface area contributed by atoms with E-state index in [0.29, 0.717) is 23.2 Å². The first-order valence-electron chi connectivity index (χ1n) is 6.35. The van der Waals surface area contributed by atoms with E-state index >= 15 is 0 Å². The zero-order chi connectivity index (χ0) is 15.4. The predicted octanol–water partition coefficient (Wildman–Crippen LogP) is 3.38. The maximum Gasteiger partial charge on any atom is 0.200 e. The standard InChI is InChI=1S/C15H17ClN2O3/c1-9-4-11(15(16)18-7-9)17-8-10-5-12(20-2)14(19)13(6-10)21-3/h4-7,17,19H,8H2,1-3H3. The molecule has 2 aromatic rings. The third-order valence-corrected chi connectivity index (χ3v) is 3.30. The molecule has 5 nitrogen and oxygen atoms in total. The Hall–Kier alpha value is -2.14. The quantitative estimate of drug-likeness (QED) is 0.829. The summed E-state index contributed by atoms with van der Waals surface area (Å²) in [5.41, 5.74) is 2.66. The molecule has 0 fully saturated rings. The zero-order valence-corrected chi connectivity index (χ0v) is 12.9. The molecule has 1 aromatic carbocycles. The molecule has 0 saturated carbocycles. The lowest BCUT2D eigenvalue weighted by Gasteiger charge is -2.13. The van der Waals surface area contributed by atoms with Crippen LogP contribution in [0, 0.1) is 6.92 Å². The van der Waals surface area contributed by atoms with Crippen molar-refractivity contribution in [1.82, 2.24) is 4.98 Å². The first kappa shape index (κ1) is 15.3. The van der Waals surface area contributed by atoms with Gasteiger partial charge in [0.05, 0.1) is 19.9 Å². The van der Waals surface area contributed by atoms with Crippen LogP contribution in [0.15, 0.2) is 24.4 Å². The van der Waals surface area contributed by atoms with E-state index < -0.39 is 0 Å². The zero-order valence-electron chi connectivity index (χ0n) is 12.1. The maximum absolute atomic E-state index is 9.88. The molecule has 0 aliphatic heterocycles. The number of aromatic hydroxyl groups is 1. The fraction of sp³-hybridized carbons (Fsp3) is 0.267. The van der Waals surface area contributed by atoms with Crippen molar-refractivity contribution >= 4 is 17.3 Å². The normalized spacial score (nSPS) is 10.3. The summed E-state index contributed by atoms with van der Waals surface area (Å²) < 4.78 is 10.3. The van der Waals surface area contributed by atoms with Crippen molar-refractivity contribution in [3.63, 3.8) is 0 Å². The summed E-state index contributed by atoms with van der Waals surface area (Å²) in [6.45, 7) is 2.44. The molecule has 1 aromatic heterocycles. The van der Waals surface area contributed by atoms with Crippen molar-refractivity contribution in [3.05, 3.63) is 40.7 Å². The molecule has 0 saturated heterocycles. The number of nitrogens with zero attached hydrogens (tertiary/aromatic N) is 1. The molecule has 0 aliphatic rings. The monoisotopic (exact) mass is 308 g/mol. The van der Waals surface area contributed by atoms with Gasteiger partial charge in [-0.25, -0.2) is 4.98 Å². The summed E-state index contributed by atoms with van der Waals surface area (Å²) >= 11 is 6.04. The number of halogens is 1. The van der Waals surface area contributed by atoms with Gasteiger partial charge in [0, 0.05) is 12.7 Å². The maximum atomic E-state index is 9.88. The fourth-order valence-electron chi connectivity index (χ4n) is 1.92. The van der Waals surface area contributed by atoms with Crippen molar-refractivity contribution in [2.75, 3.05) is 19.5 Å². The molecule has 0 amide bonds. The van der Waals surface area contributed by atoms with Crippen LogP contribution in [0.2, 0.25) is 5.15 Å². The van der Waals surface area contributed by atoms with E-state index in [1.165, 1.54) is 14.2 Å². The third kappa shape index (κ3) is 3.49. The first-order chi connectivity index (χ1) is 10.0. The number of nitrogens with one attached hydrogen (secondary N) is 1. The van der Waals surface area contributed by atoms with E-state index in [9.17, 15) is 5.11 Å². The Balaban J connectivity index is 2.22. The average Bonchev–Trinajstić information content (AvgIpc) is 2.49. The minimum atomic E-state index is -0.0148. The highest BCUT2D eigenvalue weighted by molar-refractivity contribution is 6.31. The molecule has 1 heterocycles. The molecule has 0 bridgehead atoms. The molecule has 2 N–H and O–H groups in total. The Labute approximate surface area is 128 Å². The number of benzene rings is 1. The predicted molar refractivity (Wildman–Crippen MR) is 82.5 cm³/mol. The molecule has 0 radical (unpaired) electrons. The van der Waals surface area contributed by atoms with Gasteiger partial charge in [-0.1, -0.05) is 11.6 Å². The number of pyridine rings is 1. The Bertz CT molecular complexity index is 622.